The third-order valence-electron chi connectivity index (χ3n) is 1.35. The summed E-state index contributed by atoms with van der Waals surface area (Å²) in [7, 11) is 0.998. The molecule has 1 saturated heterocycles. The van der Waals surface area contributed by atoms with Crippen LogP contribution in [0, 0.1) is 5.92 Å². The molecule has 1 aliphatic rings. The van der Waals surface area contributed by atoms with Crippen LogP contribution in [-0.2, 0) is 9.53 Å². The van der Waals surface area contributed by atoms with E-state index >= 15 is 0 Å². The van der Waals surface area contributed by atoms with Crippen molar-refractivity contribution in [1.29, 1.82) is 0 Å². The highest BCUT2D eigenvalue weighted by atomic mass is 33.1. The van der Waals surface area contributed by atoms with Crippen molar-refractivity contribution in [2.75, 3.05) is 13.2 Å². The molecule has 4 heteroatoms. The van der Waals surface area contributed by atoms with Crippen LogP contribution in [0.15, 0.2) is 0 Å². The molecule has 0 saturated carbocycles. The second kappa shape index (κ2) is 3.49. The average Bonchev–Trinajstić information content (AvgIpc) is 2.37. The number of hydrogen-bond acceptors (Lipinski definition) is 4. The molecule has 0 spiro atoms. The van der Waals surface area contributed by atoms with Crippen molar-refractivity contribution >= 4 is 27.6 Å². The average molecular weight is 164 g/mol. The van der Waals surface area contributed by atoms with Gasteiger partial charge < -0.3 is 4.74 Å². The Bertz CT molecular complexity index is 110. The quantitative estimate of drug-likeness (QED) is 0.465. The van der Waals surface area contributed by atoms with Crippen molar-refractivity contribution in [2.24, 2.45) is 5.92 Å². The monoisotopic (exact) mass is 164 g/mol. The van der Waals surface area contributed by atoms with Gasteiger partial charge in [-0.05, 0) is 17.2 Å². The van der Waals surface area contributed by atoms with Gasteiger partial charge in [0, 0.05) is 6.61 Å². The van der Waals surface area contributed by atoms with Gasteiger partial charge in [0.05, 0.1) is 12.5 Å². The van der Waals surface area contributed by atoms with Crippen LogP contribution in [0.1, 0.15) is 6.42 Å². The molecule has 2 nitrogen and oxygen atoms in total. The van der Waals surface area contributed by atoms with E-state index in [2.05, 4.69) is 11.7 Å². The van der Waals surface area contributed by atoms with Crippen LogP contribution >= 0.6 is 22.5 Å². The number of hydrogen-bond donors (Lipinski definition) is 1. The van der Waals surface area contributed by atoms with E-state index in [0.717, 1.165) is 23.8 Å². The molecule has 0 aromatic rings. The van der Waals surface area contributed by atoms with E-state index in [-0.39, 0.29) is 11.0 Å². The summed E-state index contributed by atoms with van der Waals surface area (Å²) in [5.41, 5.74) is 0. The lowest BCUT2D eigenvalue weighted by Crippen LogP contribution is -2.08. The normalized spacial score (nSPS) is 26.6. The van der Waals surface area contributed by atoms with E-state index in [0.29, 0.717) is 6.61 Å². The summed E-state index contributed by atoms with van der Waals surface area (Å²) in [5.74, 6) is 0.104. The Balaban J connectivity index is 2.32. The lowest BCUT2D eigenvalue weighted by atomic mass is 10.1. The number of carbonyl (C=O) groups is 1. The molecule has 0 bridgehead atoms. The van der Waals surface area contributed by atoms with Crippen molar-refractivity contribution in [2.45, 2.75) is 6.42 Å². The molecule has 1 fully saturated rings. The third kappa shape index (κ3) is 1.88. The second-order valence-corrected chi connectivity index (χ2v) is 3.10. The molecule has 1 heterocycles. The van der Waals surface area contributed by atoms with Gasteiger partial charge in [-0.25, -0.2) is 0 Å². The Kier molecular flexibility index (Phi) is 2.88. The zero-order valence-corrected chi connectivity index (χ0v) is 6.58. The van der Waals surface area contributed by atoms with Crippen molar-refractivity contribution < 1.29 is 9.53 Å². The number of carbonyl (C=O) groups excluding carboxylic acids is 1. The lowest BCUT2D eigenvalue weighted by Gasteiger charge is -1.99. The highest BCUT2D eigenvalue weighted by Gasteiger charge is 2.22. The van der Waals surface area contributed by atoms with Gasteiger partial charge in [-0.15, -0.1) is 11.7 Å². The van der Waals surface area contributed by atoms with Gasteiger partial charge in [0.2, 0.25) is 5.12 Å². The summed E-state index contributed by atoms with van der Waals surface area (Å²) < 4.78 is 5.01. The van der Waals surface area contributed by atoms with Gasteiger partial charge in [-0.1, -0.05) is 0 Å². The van der Waals surface area contributed by atoms with Crippen LogP contribution in [0.3, 0.4) is 0 Å². The van der Waals surface area contributed by atoms with Crippen LogP contribution in [0.4, 0.5) is 0 Å². The summed E-state index contributed by atoms with van der Waals surface area (Å²) in [4.78, 5) is 10.8. The zero-order valence-electron chi connectivity index (χ0n) is 4.87. The number of ether oxygens (including phenoxy) is 1. The van der Waals surface area contributed by atoms with Crippen molar-refractivity contribution in [3.05, 3.63) is 0 Å². The van der Waals surface area contributed by atoms with E-state index in [4.69, 9.17) is 4.74 Å². The fourth-order valence-corrected chi connectivity index (χ4v) is 1.58. The van der Waals surface area contributed by atoms with Crippen LogP contribution in [-0.4, -0.2) is 18.3 Å². The fraction of sp³-hybridized carbons (Fsp3) is 0.800. The Morgan fingerprint density at radius 3 is 3.00 bits per heavy atom. The van der Waals surface area contributed by atoms with E-state index in [1.54, 1.807) is 0 Å². The molecule has 52 valence electrons. The molecule has 0 aromatic heterocycles. The summed E-state index contributed by atoms with van der Waals surface area (Å²) in [6, 6.07) is 0. The summed E-state index contributed by atoms with van der Waals surface area (Å²) >= 11 is 3.80. The maximum Gasteiger partial charge on any atom is 0.204 e. The first-order valence-electron chi connectivity index (χ1n) is 2.77. The third-order valence-corrected chi connectivity index (χ3v) is 2.41. The standard InChI is InChI=1S/C5H8O2S2/c6-5(9-8)4-1-2-7-3-4/h4,8H,1-3H2. The Labute approximate surface area is 63.1 Å². The maximum atomic E-state index is 10.8. The predicted octanol–water partition coefficient (Wildman–Crippen LogP) is 1.13. The first kappa shape index (κ1) is 7.44. The zero-order chi connectivity index (χ0) is 6.69. The van der Waals surface area contributed by atoms with E-state index in [1.165, 1.54) is 0 Å². The molecule has 0 N–H and O–H groups in total. The van der Waals surface area contributed by atoms with E-state index in [9.17, 15) is 4.79 Å². The Morgan fingerprint density at radius 1 is 1.78 bits per heavy atom. The van der Waals surface area contributed by atoms with E-state index < -0.39 is 0 Å². The number of thiol groups is 1. The molecule has 9 heavy (non-hydrogen) atoms. The molecule has 1 atom stereocenters. The van der Waals surface area contributed by atoms with Gasteiger partial charge in [-0.3, -0.25) is 4.79 Å². The highest BCUT2D eigenvalue weighted by molar-refractivity contribution is 8.74. The fourth-order valence-electron chi connectivity index (χ4n) is 0.795. The minimum atomic E-state index is 0.104. The minimum absolute atomic E-state index is 0.104. The molecule has 1 aliphatic heterocycles. The smallest absolute Gasteiger partial charge is 0.204 e. The highest BCUT2D eigenvalue weighted by Crippen LogP contribution is 2.21. The first-order chi connectivity index (χ1) is 4.34. The van der Waals surface area contributed by atoms with Crippen LogP contribution in [0.2, 0.25) is 0 Å². The summed E-state index contributed by atoms with van der Waals surface area (Å²) in [5, 5.41) is 0.135. The van der Waals surface area contributed by atoms with Gasteiger partial charge in [0.25, 0.3) is 0 Å². The molecule has 1 rings (SSSR count). The Hall–Kier alpha value is 0.330. The molecule has 0 radical (unpaired) electrons. The molecule has 0 aromatic carbocycles. The van der Waals surface area contributed by atoms with Gasteiger partial charge in [-0.2, -0.15) is 0 Å². The predicted molar refractivity (Wildman–Crippen MR) is 40.5 cm³/mol. The van der Waals surface area contributed by atoms with Crippen molar-refractivity contribution in [3.63, 3.8) is 0 Å². The van der Waals surface area contributed by atoms with Crippen molar-refractivity contribution in [3.8, 4) is 0 Å². The second-order valence-electron chi connectivity index (χ2n) is 1.97. The summed E-state index contributed by atoms with van der Waals surface area (Å²) in [6.07, 6.45) is 0.867. The number of rotatable bonds is 1. The van der Waals surface area contributed by atoms with Gasteiger partial charge >= 0.3 is 0 Å². The SMILES string of the molecule is O=C(SS)C1CCOC1. The summed E-state index contributed by atoms with van der Waals surface area (Å²) in [6.45, 7) is 1.32. The molecule has 0 aliphatic carbocycles. The molecule has 1 unspecified atom stereocenters. The lowest BCUT2D eigenvalue weighted by molar-refractivity contribution is -0.114. The molecular formula is C5H8O2S2. The molecule has 0 amide bonds. The first-order valence-corrected chi connectivity index (χ1v) is 4.64. The van der Waals surface area contributed by atoms with Gasteiger partial charge in [0.15, 0.2) is 0 Å². The Morgan fingerprint density at radius 2 is 2.56 bits per heavy atom. The maximum absolute atomic E-state index is 10.8. The van der Waals surface area contributed by atoms with Crippen LogP contribution < -0.4 is 0 Å². The molecular weight excluding hydrogens is 156 g/mol. The van der Waals surface area contributed by atoms with Crippen LogP contribution in [0.5, 0.6) is 0 Å². The van der Waals surface area contributed by atoms with E-state index in [1.807, 2.05) is 0 Å². The topological polar surface area (TPSA) is 26.3 Å². The minimum Gasteiger partial charge on any atom is -0.381 e. The van der Waals surface area contributed by atoms with Crippen molar-refractivity contribution in [1.82, 2.24) is 0 Å². The van der Waals surface area contributed by atoms with Crippen LogP contribution in [0.25, 0.3) is 0 Å². The largest absolute Gasteiger partial charge is 0.381 e. The van der Waals surface area contributed by atoms with Gasteiger partial charge in [0.1, 0.15) is 0 Å².